The molecule has 0 unspecified atom stereocenters. The maximum atomic E-state index is 12.9. The number of hydrogen-bond acceptors (Lipinski definition) is 3. The van der Waals surface area contributed by atoms with E-state index in [1.165, 1.54) is 17.0 Å². The van der Waals surface area contributed by atoms with E-state index in [1.54, 1.807) is 7.05 Å². The molecule has 0 aliphatic heterocycles. The van der Waals surface area contributed by atoms with E-state index in [0.717, 1.165) is 25.3 Å². The van der Waals surface area contributed by atoms with Crippen LogP contribution in [0.1, 0.15) is 42.1 Å². The minimum atomic E-state index is -4.57. The first kappa shape index (κ1) is 17.3. The van der Waals surface area contributed by atoms with Gasteiger partial charge in [-0.1, -0.05) is 25.8 Å². The second-order valence-electron chi connectivity index (χ2n) is 4.80. The van der Waals surface area contributed by atoms with E-state index in [4.69, 9.17) is 5.84 Å². The Kier molecular flexibility index (Phi) is 6.02. The van der Waals surface area contributed by atoms with Crippen molar-refractivity contribution >= 4 is 11.6 Å². The van der Waals surface area contributed by atoms with Crippen molar-refractivity contribution in [2.24, 2.45) is 5.84 Å². The molecule has 0 radical (unpaired) electrons. The number of benzene rings is 1. The second-order valence-corrected chi connectivity index (χ2v) is 4.80. The highest BCUT2D eigenvalue weighted by Crippen LogP contribution is 2.36. The van der Waals surface area contributed by atoms with Gasteiger partial charge in [0.05, 0.1) is 16.8 Å². The molecule has 7 heteroatoms. The number of unbranched alkanes of at least 4 members (excludes halogenated alkanes) is 2. The van der Waals surface area contributed by atoms with E-state index in [0.29, 0.717) is 6.54 Å². The third-order valence-corrected chi connectivity index (χ3v) is 3.19. The number of nitrogens with two attached hydrogens (primary N) is 1. The predicted molar refractivity (Wildman–Crippen MR) is 75.7 cm³/mol. The largest absolute Gasteiger partial charge is 0.418 e. The standard InChI is InChI=1S/C14H20F3N3O/c1-3-4-5-9-20(2)13(21)10-7-6-8-11(12(10)19-18)14(15,16)17/h6-8,19H,3-5,9,18H2,1-2H3. The number of nitrogens with one attached hydrogen (secondary N) is 1. The molecule has 0 bridgehead atoms. The number of carbonyl (C=O) groups is 1. The van der Waals surface area contributed by atoms with Crippen LogP contribution in [0.15, 0.2) is 18.2 Å². The summed E-state index contributed by atoms with van der Waals surface area (Å²) >= 11 is 0. The Morgan fingerprint density at radius 2 is 2.00 bits per heavy atom. The van der Waals surface area contributed by atoms with E-state index >= 15 is 0 Å². The van der Waals surface area contributed by atoms with Gasteiger partial charge in [-0.25, -0.2) is 0 Å². The minimum absolute atomic E-state index is 0.0775. The zero-order chi connectivity index (χ0) is 16.0. The lowest BCUT2D eigenvalue weighted by atomic mass is 10.1. The summed E-state index contributed by atoms with van der Waals surface area (Å²) in [5.74, 6) is 4.71. The lowest BCUT2D eigenvalue weighted by Crippen LogP contribution is -2.30. The fourth-order valence-electron chi connectivity index (χ4n) is 2.03. The van der Waals surface area contributed by atoms with Gasteiger partial charge in [-0.2, -0.15) is 13.2 Å². The smallest absolute Gasteiger partial charge is 0.342 e. The molecule has 0 saturated carbocycles. The summed E-state index contributed by atoms with van der Waals surface area (Å²) in [4.78, 5) is 13.7. The van der Waals surface area contributed by atoms with Gasteiger partial charge >= 0.3 is 6.18 Å². The van der Waals surface area contributed by atoms with Gasteiger partial charge in [0.15, 0.2) is 0 Å². The molecule has 0 aliphatic rings. The topological polar surface area (TPSA) is 58.4 Å². The Morgan fingerprint density at radius 1 is 1.33 bits per heavy atom. The Bertz CT molecular complexity index is 489. The first-order valence-electron chi connectivity index (χ1n) is 6.75. The van der Waals surface area contributed by atoms with Gasteiger partial charge in [-0.3, -0.25) is 10.6 Å². The average molecular weight is 303 g/mol. The highest BCUT2D eigenvalue weighted by Gasteiger charge is 2.35. The second kappa shape index (κ2) is 7.31. The van der Waals surface area contributed by atoms with Crippen LogP contribution < -0.4 is 11.3 Å². The monoisotopic (exact) mass is 303 g/mol. The van der Waals surface area contributed by atoms with Crippen molar-refractivity contribution in [1.29, 1.82) is 0 Å². The molecular formula is C14H20F3N3O. The van der Waals surface area contributed by atoms with Gasteiger partial charge in [-0.15, -0.1) is 0 Å². The highest BCUT2D eigenvalue weighted by molar-refractivity contribution is 6.00. The van der Waals surface area contributed by atoms with Gasteiger partial charge in [0.1, 0.15) is 0 Å². The number of rotatable bonds is 6. The van der Waals surface area contributed by atoms with Gasteiger partial charge in [-0.05, 0) is 18.6 Å². The summed E-state index contributed by atoms with van der Waals surface area (Å²) in [5.41, 5.74) is 0.591. The minimum Gasteiger partial charge on any atom is -0.342 e. The number of halogens is 3. The first-order chi connectivity index (χ1) is 9.82. The quantitative estimate of drug-likeness (QED) is 0.482. The Morgan fingerprint density at radius 3 is 2.52 bits per heavy atom. The molecule has 1 aromatic carbocycles. The molecular weight excluding hydrogens is 283 g/mol. The number of alkyl halides is 3. The molecule has 118 valence electrons. The Labute approximate surface area is 122 Å². The molecule has 3 N–H and O–H groups in total. The van der Waals surface area contributed by atoms with Crippen LogP contribution in [-0.2, 0) is 6.18 Å². The third-order valence-electron chi connectivity index (χ3n) is 3.19. The summed E-state index contributed by atoms with van der Waals surface area (Å²) in [6.45, 7) is 2.53. The molecule has 0 saturated heterocycles. The molecule has 0 aromatic heterocycles. The van der Waals surface area contributed by atoms with Crippen LogP contribution in [0.25, 0.3) is 0 Å². The summed E-state index contributed by atoms with van der Waals surface area (Å²) < 4.78 is 38.7. The molecule has 21 heavy (non-hydrogen) atoms. The molecule has 4 nitrogen and oxygen atoms in total. The van der Waals surface area contributed by atoms with Crippen molar-refractivity contribution in [2.45, 2.75) is 32.4 Å². The van der Waals surface area contributed by atoms with E-state index in [9.17, 15) is 18.0 Å². The molecule has 0 heterocycles. The van der Waals surface area contributed by atoms with Crippen LogP contribution in [-0.4, -0.2) is 24.4 Å². The van der Waals surface area contributed by atoms with Gasteiger partial charge < -0.3 is 10.3 Å². The first-order valence-corrected chi connectivity index (χ1v) is 6.75. The van der Waals surface area contributed by atoms with Crippen molar-refractivity contribution in [1.82, 2.24) is 4.90 Å². The van der Waals surface area contributed by atoms with Gasteiger partial charge in [0.25, 0.3) is 5.91 Å². The van der Waals surface area contributed by atoms with E-state index in [-0.39, 0.29) is 5.56 Å². The fraction of sp³-hybridized carbons (Fsp3) is 0.500. The van der Waals surface area contributed by atoms with E-state index < -0.39 is 23.3 Å². The number of para-hydroxylation sites is 1. The number of carbonyl (C=O) groups excluding carboxylic acids is 1. The number of nitrogen functional groups attached to an aromatic ring is 1. The normalized spacial score (nSPS) is 11.3. The van der Waals surface area contributed by atoms with Crippen molar-refractivity contribution in [2.75, 3.05) is 19.0 Å². The number of anilines is 1. The van der Waals surface area contributed by atoms with Crippen molar-refractivity contribution in [3.05, 3.63) is 29.3 Å². The number of hydrogen-bond donors (Lipinski definition) is 2. The Balaban J connectivity index is 3.04. The van der Waals surface area contributed by atoms with Crippen LogP contribution in [0.2, 0.25) is 0 Å². The van der Waals surface area contributed by atoms with Crippen LogP contribution in [0, 0.1) is 0 Å². The predicted octanol–water partition coefficient (Wildman–Crippen LogP) is 3.25. The molecule has 1 amide bonds. The van der Waals surface area contributed by atoms with Crippen LogP contribution in [0.5, 0.6) is 0 Å². The SMILES string of the molecule is CCCCCN(C)C(=O)c1cccc(C(F)(F)F)c1NN. The summed E-state index contributed by atoms with van der Waals surface area (Å²) in [7, 11) is 1.57. The maximum Gasteiger partial charge on any atom is 0.418 e. The van der Waals surface area contributed by atoms with Gasteiger partial charge in [0.2, 0.25) is 0 Å². The van der Waals surface area contributed by atoms with Crippen molar-refractivity contribution < 1.29 is 18.0 Å². The zero-order valence-electron chi connectivity index (χ0n) is 12.1. The maximum absolute atomic E-state index is 12.9. The Hall–Kier alpha value is -1.76. The molecule has 1 aromatic rings. The lowest BCUT2D eigenvalue weighted by molar-refractivity contribution is -0.137. The number of hydrazine groups is 1. The van der Waals surface area contributed by atoms with E-state index in [2.05, 4.69) is 0 Å². The number of nitrogens with zero attached hydrogens (tertiary/aromatic N) is 1. The van der Waals surface area contributed by atoms with Crippen molar-refractivity contribution in [3.63, 3.8) is 0 Å². The molecule has 0 spiro atoms. The fourth-order valence-corrected chi connectivity index (χ4v) is 2.03. The van der Waals surface area contributed by atoms with Gasteiger partial charge in [0, 0.05) is 13.6 Å². The third kappa shape index (κ3) is 4.35. The van der Waals surface area contributed by atoms with Crippen LogP contribution in [0.3, 0.4) is 0 Å². The van der Waals surface area contributed by atoms with Crippen LogP contribution >= 0.6 is 0 Å². The molecule has 0 aliphatic carbocycles. The highest BCUT2D eigenvalue weighted by atomic mass is 19.4. The summed E-state index contributed by atoms with van der Waals surface area (Å²) in [5, 5.41) is 0. The molecule has 0 atom stereocenters. The number of amides is 1. The van der Waals surface area contributed by atoms with Crippen molar-refractivity contribution in [3.8, 4) is 0 Å². The molecule has 0 fully saturated rings. The van der Waals surface area contributed by atoms with Crippen LogP contribution in [0.4, 0.5) is 18.9 Å². The summed E-state index contributed by atoms with van der Waals surface area (Å²) in [6.07, 6.45) is -1.80. The summed E-state index contributed by atoms with van der Waals surface area (Å²) in [6, 6.07) is 3.43. The van der Waals surface area contributed by atoms with E-state index in [1.807, 2.05) is 12.3 Å². The average Bonchev–Trinajstić information content (AvgIpc) is 2.44. The lowest BCUT2D eigenvalue weighted by Gasteiger charge is -2.21. The zero-order valence-corrected chi connectivity index (χ0v) is 12.1. The molecule has 1 rings (SSSR count).